The second kappa shape index (κ2) is 4.54. The molecule has 0 aromatic carbocycles. The number of carbonyl (C=O) groups excluding carboxylic acids is 1. The number of methoxy groups -OCH3 is 1. The first-order valence-corrected chi connectivity index (χ1v) is 6.05. The molecule has 0 saturated carbocycles. The van der Waals surface area contributed by atoms with Crippen molar-refractivity contribution in [2.75, 3.05) is 12.4 Å². The fraction of sp³-hybridized carbons (Fsp3) is 0.250. The normalized spacial score (nSPS) is 13.0. The Morgan fingerprint density at radius 3 is 2.90 bits per heavy atom. The third-order valence-corrected chi connectivity index (χ3v) is 3.30. The summed E-state index contributed by atoms with van der Waals surface area (Å²) in [4.78, 5) is 26.5. The molecule has 0 atom stereocenters. The van der Waals surface area contributed by atoms with Crippen LogP contribution >= 0.6 is 0 Å². The quantitative estimate of drug-likeness (QED) is 0.649. The first kappa shape index (κ1) is 13.0. The van der Waals surface area contributed by atoms with Crippen molar-refractivity contribution in [2.24, 2.45) is 7.05 Å². The SMILES string of the molecule is COc1nc2c(cc1[N+](=O)[O-])-c1cnn(C)c1CC(=O)N2. The highest BCUT2D eigenvalue weighted by atomic mass is 16.6. The van der Waals surface area contributed by atoms with Crippen LogP contribution in [0.5, 0.6) is 5.88 Å². The van der Waals surface area contributed by atoms with Crippen LogP contribution in [0.15, 0.2) is 12.3 Å². The van der Waals surface area contributed by atoms with E-state index in [1.165, 1.54) is 13.2 Å². The summed E-state index contributed by atoms with van der Waals surface area (Å²) in [6, 6.07) is 1.34. The second-order valence-electron chi connectivity index (χ2n) is 4.52. The molecule has 21 heavy (non-hydrogen) atoms. The minimum absolute atomic E-state index is 0.123. The number of ether oxygens (including phenoxy) is 1. The van der Waals surface area contributed by atoms with Gasteiger partial charge in [0.25, 0.3) is 5.88 Å². The van der Waals surface area contributed by atoms with Crippen LogP contribution < -0.4 is 10.1 Å². The van der Waals surface area contributed by atoms with Crippen molar-refractivity contribution in [1.29, 1.82) is 0 Å². The Labute approximate surface area is 118 Å². The first-order chi connectivity index (χ1) is 10.0. The van der Waals surface area contributed by atoms with Gasteiger partial charge in [0.2, 0.25) is 5.91 Å². The number of fused-ring (bicyclic) bond motifs is 3. The Kier molecular flexibility index (Phi) is 2.82. The van der Waals surface area contributed by atoms with Crippen LogP contribution in [0.25, 0.3) is 11.1 Å². The maximum Gasteiger partial charge on any atom is 0.331 e. The molecule has 3 rings (SSSR count). The van der Waals surface area contributed by atoms with Crippen LogP contribution in [0.4, 0.5) is 11.5 Å². The van der Waals surface area contributed by atoms with Crippen molar-refractivity contribution in [3.05, 3.63) is 28.1 Å². The highest BCUT2D eigenvalue weighted by molar-refractivity contribution is 5.99. The number of rotatable bonds is 2. The molecule has 0 fully saturated rings. The molecule has 2 aromatic rings. The fourth-order valence-corrected chi connectivity index (χ4v) is 2.29. The molecule has 9 heteroatoms. The van der Waals surface area contributed by atoms with Gasteiger partial charge in [-0.1, -0.05) is 0 Å². The minimum Gasteiger partial charge on any atom is -0.476 e. The number of amides is 1. The van der Waals surface area contributed by atoms with E-state index in [0.717, 1.165) is 0 Å². The number of pyridine rings is 1. The molecule has 0 saturated heterocycles. The van der Waals surface area contributed by atoms with Crippen molar-refractivity contribution >= 4 is 17.4 Å². The maximum atomic E-state index is 11.9. The molecular weight excluding hydrogens is 278 g/mol. The summed E-state index contributed by atoms with van der Waals surface area (Å²) in [6.07, 6.45) is 1.69. The van der Waals surface area contributed by atoms with E-state index in [9.17, 15) is 14.9 Å². The predicted molar refractivity (Wildman–Crippen MR) is 72.0 cm³/mol. The summed E-state index contributed by atoms with van der Waals surface area (Å²) in [5.41, 5.74) is 1.51. The summed E-state index contributed by atoms with van der Waals surface area (Å²) < 4.78 is 6.49. The molecule has 1 amide bonds. The zero-order valence-electron chi connectivity index (χ0n) is 11.3. The Balaban J connectivity index is 2.31. The number of nitrogens with zero attached hydrogens (tertiary/aromatic N) is 4. The van der Waals surface area contributed by atoms with Crippen LogP contribution in [0, 0.1) is 10.1 Å². The Morgan fingerprint density at radius 2 is 2.24 bits per heavy atom. The van der Waals surface area contributed by atoms with Crippen LogP contribution in [0.1, 0.15) is 5.69 Å². The van der Waals surface area contributed by atoms with Gasteiger partial charge in [0.15, 0.2) is 0 Å². The number of nitro groups is 1. The van der Waals surface area contributed by atoms with E-state index >= 15 is 0 Å². The molecule has 108 valence electrons. The molecule has 3 heterocycles. The maximum absolute atomic E-state index is 11.9. The molecule has 1 aliphatic heterocycles. The highest BCUT2D eigenvalue weighted by Crippen LogP contribution is 2.38. The average molecular weight is 289 g/mol. The third-order valence-electron chi connectivity index (χ3n) is 3.30. The van der Waals surface area contributed by atoms with Crippen LogP contribution in [0.3, 0.4) is 0 Å². The summed E-state index contributed by atoms with van der Waals surface area (Å²) in [7, 11) is 3.00. The van der Waals surface area contributed by atoms with Crippen molar-refractivity contribution in [3.63, 3.8) is 0 Å². The van der Waals surface area contributed by atoms with Gasteiger partial charge in [0.05, 0.1) is 30.3 Å². The number of nitrogens with one attached hydrogen (secondary N) is 1. The monoisotopic (exact) mass is 289 g/mol. The van der Waals surface area contributed by atoms with E-state index in [2.05, 4.69) is 15.4 Å². The fourth-order valence-electron chi connectivity index (χ4n) is 2.29. The molecule has 0 bridgehead atoms. The third kappa shape index (κ3) is 1.98. The number of anilines is 1. The molecule has 2 aromatic heterocycles. The van der Waals surface area contributed by atoms with Crippen molar-refractivity contribution in [1.82, 2.24) is 14.8 Å². The predicted octanol–water partition coefficient (Wildman–Crippen LogP) is 0.893. The lowest BCUT2D eigenvalue weighted by Gasteiger charge is -2.08. The molecule has 9 nitrogen and oxygen atoms in total. The topological polar surface area (TPSA) is 112 Å². The first-order valence-electron chi connectivity index (χ1n) is 6.05. The molecule has 1 aliphatic rings. The van der Waals surface area contributed by atoms with Gasteiger partial charge in [-0.15, -0.1) is 0 Å². The van der Waals surface area contributed by atoms with Gasteiger partial charge in [-0.05, 0) is 0 Å². The van der Waals surface area contributed by atoms with Gasteiger partial charge in [-0.25, -0.2) is 0 Å². The number of carbonyl (C=O) groups is 1. The minimum atomic E-state index is -0.575. The standard InChI is InChI=1S/C12H11N5O4/c1-16-8-4-10(18)14-11-6(7(8)5-13-16)3-9(17(19)20)12(15-11)21-2/h3,5H,4H2,1-2H3,(H,14,15,18). The molecule has 1 N–H and O–H groups in total. The van der Waals surface area contributed by atoms with Crippen molar-refractivity contribution < 1.29 is 14.5 Å². The van der Waals surface area contributed by atoms with E-state index < -0.39 is 4.92 Å². The molecular formula is C12H11N5O4. The zero-order valence-corrected chi connectivity index (χ0v) is 11.3. The van der Waals surface area contributed by atoms with Crippen molar-refractivity contribution in [2.45, 2.75) is 6.42 Å². The lowest BCUT2D eigenvalue weighted by atomic mass is 10.1. The summed E-state index contributed by atoms with van der Waals surface area (Å²) in [6.45, 7) is 0. The van der Waals surface area contributed by atoms with E-state index in [-0.39, 0.29) is 29.7 Å². The van der Waals surface area contributed by atoms with E-state index in [0.29, 0.717) is 16.8 Å². The zero-order chi connectivity index (χ0) is 15.1. The Hall–Kier alpha value is -2.97. The van der Waals surface area contributed by atoms with Gasteiger partial charge in [0.1, 0.15) is 5.82 Å². The van der Waals surface area contributed by atoms with E-state index in [1.807, 2.05) is 0 Å². The van der Waals surface area contributed by atoms with Gasteiger partial charge >= 0.3 is 5.69 Å². The summed E-state index contributed by atoms with van der Waals surface area (Å²) in [5, 5.41) is 17.8. The van der Waals surface area contributed by atoms with Gasteiger partial charge < -0.3 is 10.1 Å². The Morgan fingerprint density at radius 1 is 1.48 bits per heavy atom. The van der Waals surface area contributed by atoms with Crippen LogP contribution in [-0.4, -0.2) is 32.7 Å². The largest absolute Gasteiger partial charge is 0.476 e. The Bertz CT molecular complexity index is 767. The van der Waals surface area contributed by atoms with E-state index in [1.54, 1.807) is 17.9 Å². The van der Waals surface area contributed by atoms with Gasteiger partial charge in [-0.2, -0.15) is 10.1 Å². The van der Waals surface area contributed by atoms with Crippen LogP contribution in [0.2, 0.25) is 0 Å². The van der Waals surface area contributed by atoms with Gasteiger partial charge in [0, 0.05) is 24.2 Å². The molecule has 0 spiro atoms. The second-order valence-corrected chi connectivity index (χ2v) is 4.52. The number of aromatic nitrogens is 3. The number of hydrogen-bond acceptors (Lipinski definition) is 6. The number of hydrogen-bond donors (Lipinski definition) is 1. The van der Waals surface area contributed by atoms with Gasteiger partial charge in [-0.3, -0.25) is 19.6 Å². The summed E-state index contributed by atoms with van der Waals surface area (Å²) in [5.74, 6) is -0.178. The van der Waals surface area contributed by atoms with Crippen molar-refractivity contribution in [3.8, 4) is 17.0 Å². The smallest absolute Gasteiger partial charge is 0.331 e. The lowest BCUT2D eigenvalue weighted by molar-refractivity contribution is -0.386. The average Bonchev–Trinajstić information content (AvgIpc) is 2.72. The lowest BCUT2D eigenvalue weighted by Crippen LogP contribution is -2.15. The highest BCUT2D eigenvalue weighted by Gasteiger charge is 2.28. The summed E-state index contributed by atoms with van der Waals surface area (Å²) >= 11 is 0. The molecule has 0 radical (unpaired) electrons. The van der Waals surface area contributed by atoms with E-state index in [4.69, 9.17) is 4.74 Å². The molecule has 0 unspecified atom stereocenters. The van der Waals surface area contributed by atoms with Crippen LogP contribution in [-0.2, 0) is 18.3 Å². The number of aryl methyl sites for hydroxylation is 1. The molecule has 0 aliphatic carbocycles.